The van der Waals surface area contributed by atoms with Gasteiger partial charge in [-0.05, 0) is 23.6 Å². The monoisotopic (exact) mass is 237 g/mol. The van der Waals surface area contributed by atoms with E-state index in [4.69, 9.17) is 0 Å². The molecule has 1 aromatic heterocycles. The van der Waals surface area contributed by atoms with Crippen LogP contribution in [-0.4, -0.2) is 4.98 Å². The van der Waals surface area contributed by atoms with Crippen molar-refractivity contribution in [3.05, 3.63) is 79.0 Å². The van der Waals surface area contributed by atoms with Crippen molar-refractivity contribution in [1.82, 2.24) is 4.98 Å². The van der Waals surface area contributed by atoms with E-state index in [1.54, 1.807) is 6.20 Å². The minimum Gasteiger partial charge on any atom is -0.452 e. The normalized spacial score (nSPS) is 9.39. The maximum absolute atomic E-state index is 4.47. The van der Waals surface area contributed by atoms with Crippen LogP contribution in [0.3, 0.4) is 0 Å². The number of aromatic nitrogens is 1. The Balaban J connectivity index is 0.000000202. The zero-order valence-electron chi connectivity index (χ0n) is 10.3. The van der Waals surface area contributed by atoms with Gasteiger partial charge in [-0.1, -0.05) is 54.6 Å². The largest absolute Gasteiger partial charge is 0.452 e. The van der Waals surface area contributed by atoms with Crippen LogP contribution in [0.25, 0.3) is 11.1 Å². The Morgan fingerprint density at radius 2 is 1.61 bits per heavy atom. The Hall–Kier alpha value is -2.35. The van der Waals surface area contributed by atoms with Gasteiger partial charge in [-0.3, -0.25) is 0 Å². The summed E-state index contributed by atoms with van der Waals surface area (Å²) in [4.78, 5) is 3.56. The van der Waals surface area contributed by atoms with E-state index in [0.29, 0.717) is 0 Å². The first-order valence-corrected chi connectivity index (χ1v) is 5.81. The van der Waals surface area contributed by atoms with E-state index in [1.807, 2.05) is 6.07 Å². The van der Waals surface area contributed by atoms with Gasteiger partial charge in [-0.15, -0.1) is 0 Å². The van der Waals surface area contributed by atoms with E-state index in [0.717, 1.165) is 0 Å². The van der Waals surface area contributed by atoms with Crippen molar-refractivity contribution >= 4 is 0 Å². The van der Waals surface area contributed by atoms with Crippen molar-refractivity contribution in [2.24, 2.45) is 0 Å². The van der Waals surface area contributed by atoms with Gasteiger partial charge in [0.2, 0.25) is 0 Å². The molecule has 0 radical (unpaired) electrons. The number of benzene rings is 2. The summed E-state index contributed by atoms with van der Waals surface area (Å²) in [7, 11) is 0. The van der Waals surface area contributed by atoms with Crippen molar-refractivity contribution in [1.29, 1.82) is 0 Å². The van der Waals surface area contributed by atoms with Crippen molar-refractivity contribution in [3.63, 3.8) is 0 Å². The van der Waals surface area contributed by atoms with E-state index in [9.17, 15) is 0 Å². The molecule has 2 heteroatoms. The molecule has 0 aliphatic rings. The molecule has 90 valence electrons. The Bertz CT molecular complexity index is 541. The summed E-state index contributed by atoms with van der Waals surface area (Å²) in [6, 6.07) is 18.9. The lowest BCUT2D eigenvalue weighted by Crippen LogP contribution is -1.80. The molecule has 0 aliphatic heterocycles. The zero-order valence-corrected chi connectivity index (χ0v) is 10.3. The fourth-order valence-corrected chi connectivity index (χ4v) is 1.69. The highest BCUT2D eigenvalue weighted by Gasteiger charge is 1.97. The summed E-state index contributed by atoms with van der Waals surface area (Å²) >= 11 is 0. The van der Waals surface area contributed by atoms with E-state index >= 15 is 0 Å². The fraction of sp³-hybridized carbons (Fsp3) is 0.0625. The van der Waals surface area contributed by atoms with Gasteiger partial charge < -0.3 is 4.42 Å². The summed E-state index contributed by atoms with van der Waals surface area (Å²) in [5, 5.41) is 0. The van der Waals surface area contributed by atoms with Gasteiger partial charge in [-0.25, -0.2) is 4.98 Å². The number of aryl methyl sites for hydroxylation is 1. The molecule has 2 aromatic carbocycles. The van der Waals surface area contributed by atoms with Crippen LogP contribution in [0.15, 0.2) is 77.9 Å². The molecule has 0 amide bonds. The molecule has 0 aliphatic carbocycles. The number of oxazole rings is 1. The van der Waals surface area contributed by atoms with Crippen molar-refractivity contribution < 1.29 is 4.42 Å². The minimum absolute atomic E-state index is 1.29. The highest BCUT2D eigenvalue weighted by atomic mass is 16.3. The highest BCUT2D eigenvalue weighted by Crippen LogP contribution is 2.21. The molecule has 0 fully saturated rings. The average molecular weight is 237 g/mol. The van der Waals surface area contributed by atoms with Gasteiger partial charge >= 0.3 is 0 Å². The second-order valence-electron chi connectivity index (χ2n) is 3.86. The van der Waals surface area contributed by atoms with Gasteiger partial charge in [0.25, 0.3) is 0 Å². The van der Waals surface area contributed by atoms with Gasteiger partial charge in [0.1, 0.15) is 6.26 Å². The number of hydrogen-bond donors (Lipinski definition) is 0. The van der Waals surface area contributed by atoms with Crippen LogP contribution in [0, 0.1) is 6.92 Å². The fourth-order valence-electron chi connectivity index (χ4n) is 1.69. The second-order valence-corrected chi connectivity index (χ2v) is 3.86. The van der Waals surface area contributed by atoms with Crippen molar-refractivity contribution in [2.45, 2.75) is 6.92 Å². The third-order valence-corrected chi connectivity index (χ3v) is 2.58. The number of nitrogens with zero attached hydrogens (tertiary/aromatic N) is 1. The van der Waals surface area contributed by atoms with Crippen LogP contribution in [0.1, 0.15) is 5.56 Å². The molecule has 2 nitrogen and oxygen atoms in total. The Morgan fingerprint density at radius 1 is 0.889 bits per heavy atom. The molecule has 0 saturated heterocycles. The lowest BCUT2D eigenvalue weighted by Gasteiger charge is -2.04. The molecule has 18 heavy (non-hydrogen) atoms. The second kappa shape index (κ2) is 6.40. The van der Waals surface area contributed by atoms with Crippen LogP contribution in [0.2, 0.25) is 0 Å². The molecule has 0 saturated carbocycles. The summed E-state index contributed by atoms with van der Waals surface area (Å²) in [5.74, 6) is 0. The molecule has 0 N–H and O–H groups in total. The van der Waals surface area contributed by atoms with Crippen LogP contribution < -0.4 is 0 Å². The lowest BCUT2D eigenvalue weighted by atomic mass is 10.0. The number of hydrogen-bond acceptors (Lipinski definition) is 2. The Kier molecular flexibility index (Phi) is 4.31. The molecule has 0 atom stereocenters. The van der Waals surface area contributed by atoms with Gasteiger partial charge in [-0.2, -0.15) is 0 Å². The maximum atomic E-state index is 4.47. The topological polar surface area (TPSA) is 26.0 Å². The number of rotatable bonds is 1. The molecule has 0 spiro atoms. The summed E-state index contributed by atoms with van der Waals surface area (Å²) in [5.41, 5.74) is 3.94. The van der Waals surface area contributed by atoms with Gasteiger partial charge in [0, 0.05) is 0 Å². The smallest absolute Gasteiger partial charge is 0.180 e. The highest BCUT2D eigenvalue weighted by molar-refractivity contribution is 5.66. The lowest BCUT2D eigenvalue weighted by molar-refractivity contribution is 0.558. The third kappa shape index (κ3) is 3.32. The van der Waals surface area contributed by atoms with Gasteiger partial charge in [0.15, 0.2) is 6.39 Å². The van der Waals surface area contributed by atoms with Crippen LogP contribution in [-0.2, 0) is 0 Å². The molecule has 1 heterocycles. The van der Waals surface area contributed by atoms with Crippen molar-refractivity contribution in [3.8, 4) is 11.1 Å². The predicted octanol–water partition coefficient (Wildman–Crippen LogP) is 4.34. The molecular weight excluding hydrogens is 222 g/mol. The van der Waals surface area contributed by atoms with Crippen LogP contribution in [0.4, 0.5) is 0 Å². The summed E-state index contributed by atoms with van der Waals surface area (Å²) < 4.78 is 4.47. The first-order chi connectivity index (χ1) is 8.88. The van der Waals surface area contributed by atoms with E-state index in [2.05, 4.69) is 64.9 Å². The Labute approximate surface area is 107 Å². The van der Waals surface area contributed by atoms with E-state index in [-0.39, 0.29) is 0 Å². The zero-order chi connectivity index (χ0) is 12.6. The third-order valence-electron chi connectivity index (χ3n) is 2.58. The first kappa shape index (κ1) is 12.1. The average Bonchev–Trinajstić information content (AvgIpc) is 2.99. The quantitative estimate of drug-likeness (QED) is 0.629. The van der Waals surface area contributed by atoms with Crippen molar-refractivity contribution in [2.75, 3.05) is 0 Å². The summed E-state index contributed by atoms with van der Waals surface area (Å²) in [6.07, 6.45) is 4.47. The maximum Gasteiger partial charge on any atom is 0.180 e. The minimum atomic E-state index is 1.29. The first-order valence-electron chi connectivity index (χ1n) is 5.81. The molecule has 0 bridgehead atoms. The van der Waals surface area contributed by atoms with Gasteiger partial charge in [0.05, 0.1) is 6.20 Å². The van der Waals surface area contributed by atoms with E-state index < -0.39 is 0 Å². The molecule has 3 aromatic rings. The Morgan fingerprint density at radius 3 is 2.17 bits per heavy atom. The molecule has 3 rings (SSSR count). The molecular formula is C16H15NO. The van der Waals surface area contributed by atoms with Crippen LogP contribution >= 0.6 is 0 Å². The van der Waals surface area contributed by atoms with Crippen LogP contribution in [0.5, 0.6) is 0 Å². The molecule has 0 unspecified atom stereocenters. The van der Waals surface area contributed by atoms with E-state index in [1.165, 1.54) is 29.3 Å². The SMILES string of the molecule is Cc1ccccc1-c1ccccc1.c1cocn1. The standard InChI is InChI=1S/C13H12.C3H3NO/c1-11-7-5-6-10-13(11)12-8-3-2-4-9-12;1-2-5-3-4-1/h2-10H,1H3;1-3H. The predicted molar refractivity (Wildman–Crippen MR) is 73.1 cm³/mol. The summed E-state index contributed by atoms with van der Waals surface area (Å²) in [6.45, 7) is 2.14.